The summed E-state index contributed by atoms with van der Waals surface area (Å²) in [4.78, 5) is 0. The summed E-state index contributed by atoms with van der Waals surface area (Å²) in [5.74, 6) is 1.39. The van der Waals surface area contributed by atoms with Gasteiger partial charge in [-0.25, -0.2) is 0 Å². The normalized spacial score (nSPS) is 24.5. The second-order valence-electron chi connectivity index (χ2n) is 5.27. The van der Waals surface area contributed by atoms with Crippen LogP contribution in [0.3, 0.4) is 0 Å². The number of hydrogen-bond acceptors (Lipinski definition) is 2. The fraction of sp³-hybridized carbons (Fsp3) is 0.600. The van der Waals surface area contributed by atoms with E-state index >= 15 is 0 Å². The first kappa shape index (κ1) is 12.4. The van der Waals surface area contributed by atoms with Crippen LogP contribution in [0.15, 0.2) is 18.2 Å². The predicted octanol–water partition coefficient (Wildman–Crippen LogP) is 3.27. The third-order valence-corrected chi connectivity index (χ3v) is 4.01. The first-order valence-electron chi connectivity index (χ1n) is 6.49. The van der Waals surface area contributed by atoms with Gasteiger partial charge in [-0.1, -0.05) is 26.3 Å². The lowest BCUT2D eigenvalue weighted by atomic mass is 9.85. The number of benzene rings is 1. The zero-order chi connectivity index (χ0) is 12.5. The Morgan fingerprint density at radius 3 is 2.88 bits per heavy atom. The van der Waals surface area contributed by atoms with Crippen LogP contribution in [0, 0.1) is 5.92 Å². The maximum Gasteiger partial charge on any atom is 0.119 e. The van der Waals surface area contributed by atoms with Gasteiger partial charge in [-0.2, -0.15) is 0 Å². The molecule has 0 heterocycles. The molecule has 0 fully saturated rings. The molecule has 1 aliphatic rings. The summed E-state index contributed by atoms with van der Waals surface area (Å²) in [6, 6.07) is 6.07. The molecule has 1 aliphatic carbocycles. The minimum atomic E-state index is -0.640. The van der Waals surface area contributed by atoms with E-state index in [0.717, 1.165) is 37.0 Å². The largest absolute Gasteiger partial charge is 0.497 e. The van der Waals surface area contributed by atoms with Crippen molar-refractivity contribution >= 4 is 0 Å². The predicted molar refractivity (Wildman–Crippen MR) is 69.3 cm³/mol. The molecule has 0 saturated carbocycles. The molecule has 2 rings (SSSR count). The SMILES string of the molecule is CCC(C)CC1(O)CCc2ccc(OC)cc21. The molecule has 2 heteroatoms. The van der Waals surface area contributed by atoms with Gasteiger partial charge in [-0.3, -0.25) is 0 Å². The molecule has 0 aliphatic heterocycles. The lowest BCUT2D eigenvalue weighted by Crippen LogP contribution is -2.25. The molecule has 17 heavy (non-hydrogen) atoms. The average molecular weight is 234 g/mol. The molecule has 1 aromatic rings. The van der Waals surface area contributed by atoms with Gasteiger partial charge in [-0.15, -0.1) is 0 Å². The summed E-state index contributed by atoms with van der Waals surface area (Å²) >= 11 is 0. The summed E-state index contributed by atoms with van der Waals surface area (Å²) < 4.78 is 5.25. The third kappa shape index (κ3) is 2.32. The molecule has 0 saturated heterocycles. The summed E-state index contributed by atoms with van der Waals surface area (Å²) in [6.45, 7) is 4.38. The van der Waals surface area contributed by atoms with Crippen LogP contribution in [0.25, 0.3) is 0 Å². The lowest BCUT2D eigenvalue weighted by molar-refractivity contribution is 0.0144. The van der Waals surface area contributed by atoms with Crippen molar-refractivity contribution in [1.29, 1.82) is 0 Å². The van der Waals surface area contributed by atoms with Crippen molar-refractivity contribution in [2.45, 2.75) is 45.1 Å². The minimum absolute atomic E-state index is 0.553. The number of ether oxygens (including phenoxy) is 1. The van der Waals surface area contributed by atoms with Gasteiger partial charge in [0.25, 0.3) is 0 Å². The highest BCUT2D eigenvalue weighted by molar-refractivity contribution is 5.42. The molecule has 94 valence electrons. The van der Waals surface area contributed by atoms with Gasteiger partial charge < -0.3 is 9.84 Å². The van der Waals surface area contributed by atoms with E-state index in [1.165, 1.54) is 5.56 Å². The number of fused-ring (bicyclic) bond motifs is 1. The molecule has 0 bridgehead atoms. The molecule has 0 spiro atoms. The van der Waals surface area contributed by atoms with Crippen molar-refractivity contribution in [1.82, 2.24) is 0 Å². The molecule has 2 unspecified atom stereocenters. The van der Waals surface area contributed by atoms with Crippen LogP contribution >= 0.6 is 0 Å². The van der Waals surface area contributed by atoms with Gasteiger partial charge in [0.05, 0.1) is 12.7 Å². The Labute approximate surface area is 104 Å². The number of methoxy groups -OCH3 is 1. The Kier molecular flexibility index (Phi) is 3.43. The van der Waals surface area contributed by atoms with Crippen molar-refractivity contribution < 1.29 is 9.84 Å². The van der Waals surface area contributed by atoms with Crippen LogP contribution in [0.4, 0.5) is 0 Å². The standard InChI is InChI=1S/C15H22O2/c1-4-11(2)10-15(16)8-7-12-5-6-13(17-3)9-14(12)15/h5-6,9,11,16H,4,7-8,10H2,1-3H3. The van der Waals surface area contributed by atoms with Crippen molar-refractivity contribution in [2.24, 2.45) is 5.92 Å². The fourth-order valence-electron chi connectivity index (χ4n) is 2.74. The van der Waals surface area contributed by atoms with Crippen LogP contribution in [0.5, 0.6) is 5.75 Å². The van der Waals surface area contributed by atoms with E-state index < -0.39 is 5.60 Å². The van der Waals surface area contributed by atoms with Gasteiger partial charge in [0.15, 0.2) is 0 Å². The van der Waals surface area contributed by atoms with E-state index in [1.807, 2.05) is 12.1 Å². The topological polar surface area (TPSA) is 29.5 Å². The van der Waals surface area contributed by atoms with Crippen molar-refractivity contribution in [3.05, 3.63) is 29.3 Å². The number of aliphatic hydroxyl groups is 1. The smallest absolute Gasteiger partial charge is 0.119 e. The Hall–Kier alpha value is -1.02. The Bertz CT molecular complexity index is 400. The maximum atomic E-state index is 10.8. The van der Waals surface area contributed by atoms with Crippen LogP contribution in [0.1, 0.15) is 44.2 Å². The van der Waals surface area contributed by atoms with Gasteiger partial charge in [-0.05, 0) is 48.4 Å². The molecule has 0 radical (unpaired) electrons. The van der Waals surface area contributed by atoms with Crippen molar-refractivity contribution in [3.63, 3.8) is 0 Å². The van der Waals surface area contributed by atoms with Crippen molar-refractivity contribution in [2.75, 3.05) is 7.11 Å². The van der Waals surface area contributed by atoms with Gasteiger partial charge in [0, 0.05) is 0 Å². The lowest BCUT2D eigenvalue weighted by Gasteiger charge is -2.27. The summed E-state index contributed by atoms with van der Waals surface area (Å²) in [6.07, 6.45) is 3.79. The second-order valence-corrected chi connectivity index (χ2v) is 5.27. The monoisotopic (exact) mass is 234 g/mol. The first-order valence-corrected chi connectivity index (χ1v) is 6.49. The van der Waals surface area contributed by atoms with E-state index in [1.54, 1.807) is 7.11 Å². The molecular weight excluding hydrogens is 212 g/mol. The molecule has 0 aromatic heterocycles. The summed E-state index contributed by atoms with van der Waals surface area (Å²) in [5.41, 5.74) is 1.72. The highest BCUT2D eigenvalue weighted by Crippen LogP contribution is 2.43. The number of hydrogen-bond donors (Lipinski definition) is 1. The van der Waals surface area contributed by atoms with Crippen LogP contribution < -0.4 is 4.74 Å². The van der Waals surface area contributed by atoms with Gasteiger partial charge in [0.1, 0.15) is 5.75 Å². The number of rotatable bonds is 4. The van der Waals surface area contributed by atoms with E-state index in [2.05, 4.69) is 19.9 Å². The van der Waals surface area contributed by atoms with Gasteiger partial charge in [0.2, 0.25) is 0 Å². The average Bonchev–Trinajstić information content (AvgIpc) is 2.66. The molecule has 1 N–H and O–H groups in total. The Balaban J connectivity index is 2.30. The summed E-state index contributed by atoms with van der Waals surface area (Å²) in [7, 11) is 1.67. The van der Waals surface area contributed by atoms with Gasteiger partial charge >= 0.3 is 0 Å². The zero-order valence-electron chi connectivity index (χ0n) is 11.0. The minimum Gasteiger partial charge on any atom is -0.497 e. The molecule has 0 amide bonds. The molecule has 2 nitrogen and oxygen atoms in total. The van der Waals surface area contributed by atoms with E-state index in [-0.39, 0.29) is 0 Å². The molecular formula is C15H22O2. The highest BCUT2D eigenvalue weighted by Gasteiger charge is 2.37. The Morgan fingerprint density at radius 2 is 2.24 bits per heavy atom. The zero-order valence-corrected chi connectivity index (χ0v) is 11.0. The quantitative estimate of drug-likeness (QED) is 0.866. The number of aryl methyl sites for hydroxylation is 1. The highest BCUT2D eigenvalue weighted by atomic mass is 16.5. The van der Waals surface area contributed by atoms with Crippen molar-refractivity contribution in [3.8, 4) is 5.75 Å². The van der Waals surface area contributed by atoms with E-state index in [0.29, 0.717) is 5.92 Å². The van der Waals surface area contributed by atoms with E-state index in [4.69, 9.17) is 4.74 Å². The van der Waals surface area contributed by atoms with Crippen LogP contribution in [0.2, 0.25) is 0 Å². The van der Waals surface area contributed by atoms with E-state index in [9.17, 15) is 5.11 Å². The third-order valence-electron chi connectivity index (χ3n) is 4.01. The van der Waals surface area contributed by atoms with Crippen LogP contribution in [-0.2, 0) is 12.0 Å². The maximum absolute atomic E-state index is 10.8. The van der Waals surface area contributed by atoms with Crippen LogP contribution in [-0.4, -0.2) is 12.2 Å². The fourth-order valence-corrected chi connectivity index (χ4v) is 2.74. The molecule has 1 aromatic carbocycles. The molecule has 2 atom stereocenters. The summed E-state index contributed by atoms with van der Waals surface area (Å²) in [5, 5.41) is 10.8. The second kappa shape index (κ2) is 4.69. The first-order chi connectivity index (χ1) is 8.09. The Morgan fingerprint density at radius 1 is 1.47 bits per heavy atom.